The van der Waals surface area contributed by atoms with Crippen molar-refractivity contribution in [2.24, 2.45) is 4.99 Å². The molecule has 0 radical (unpaired) electrons. The van der Waals surface area contributed by atoms with Gasteiger partial charge in [-0.1, -0.05) is 0 Å². The summed E-state index contributed by atoms with van der Waals surface area (Å²) in [6.45, 7) is 2.47. The predicted molar refractivity (Wildman–Crippen MR) is 75.1 cm³/mol. The Morgan fingerprint density at radius 2 is 1.95 bits per heavy atom. The molecule has 2 heterocycles. The monoisotopic (exact) mass is 281 g/mol. The van der Waals surface area contributed by atoms with Gasteiger partial charge in [-0.25, -0.2) is 4.99 Å². The molecule has 0 aromatic rings. The van der Waals surface area contributed by atoms with Crippen molar-refractivity contribution < 1.29 is 9.59 Å². The standard InChI is InChI=1S/C13H19N3O2S/c17-12(15-6-3-4-7-15)9-16-8-2-1-5-11(13(16)18)14-10-19/h11H,1-9H2/t11-/m0/s1. The molecular formula is C13H19N3O2S. The van der Waals surface area contributed by atoms with E-state index in [0.29, 0.717) is 13.0 Å². The molecular weight excluding hydrogens is 262 g/mol. The maximum atomic E-state index is 12.3. The highest BCUT2D eigenvalue weighted by atomic mass is 32.1. The van der Waals surface area contributed by atoms with Gasteiger partial charge in [0.25, 0.3) is 0 Å². The molecule has 0 unspecified atom stereocenters. The van der Waals surface area contributed by atoms with Gasteiger partial charge in [-0.3, -0.25) is 9.59 Å². The molecule has 2 amide bonds. The predicted octanol–water partition coefficient (Wildman–Crippen LogP) is 1.09. The first-order valence-electron chi connectivity index (χ1n) is 6.86. The van der Waals surface area contributed by atoms with Crippen LogP contribution in [0.4, 0.5) is 0 Å². The van der Waals surface area contributed by atoms with Crippen LogP contribution < -0.4 is 0 Å². The van der Waals surface area contributed by atoms with Crippen LogP contribution in [0.1, 0.15) is 32.1 Å². The van der Waals surface area contributed by atoms with Gasteiger partial charge in [-0.15, -0.1) is 0 Å². The third-order valence-corrected chi connectivity index (χ3v) is 3.85. The number of carbonyl (C=O) groups excluding carboxylic acids is 2. The van der Waals surface area contributed by atoms with E-state index in [1.54, 1.807) is 4.90 Å². The lowest BCUT2D eigenvalue weighted by atomic mass is 10.1. The maximum Gasteiger partial charge on any atom is 0.248 e. The van der Waals surface area contributed by atoms with E-state index in [2.05, 4.69) is 22.4 Å². The Balaban J connectivity index is 1.98. The van der Waals surface area contributed by atoms with E-state index in [-0.39, 0.29) is 18.4 Å². The van der Waals surface area contributed by atoms with E-state index >= 15 is 0 Å². The van der Waals surface area contributed by atoms with Crippen LogP contribution in [0.15, 0.2) is 4.99 Å². The molecule has 1 atom stereocenters. The van der Waals surface area contributed by atoms with Crippen molar-refractivity contribution in [3.8, 4) is 0 Å². The Morgan fingerprint density at radius 1 is 1.26 bits per heavy atom. The van der Waals surface area contributed by atoms with Crippen LogP contribution in [-0.4, -0.2) is 59.0 Å². The molecule has 2 saturated heterocycles. The highest BCUT2D eigenvalue weighted by Crippen LogP contribution is 2.16. The van der Waals surface area contributed by atoms with Crippen LogP contribution in [0.2, 0.25) is 0 Å². The highest BCUT2D eigenvalue weighted by Gasteiger charge is 2.29. The summed E-state index contributed by atoms with van der Waals surface area (Å²) >= 11 is 4.58. The summed E-state index contributed by atoms with van der Waals surface area (Å²) in [5, 5.41) is 2.29. The van der Waals surface area contributed by atoms with Crippen molar-refractivity contribution >= 4 is 29.2 Å². The zero-order chi connectivity index (χ0) is 13.7. The van der Waals surface area contributed by atoms with Gasteiger partial charge in [0.1, 0.15) is 6.04 Å². The van der Waals surface area contributed by atoms with Gasteiger partial charge >= 0.3 is 0 Å². The van der Waals surface area contributed by atoms with E-state index in [1.165, 1.54) is 0 Å². The number of hydrogen-bond acceptors (Lipinski definition) is 4. The first-order valence-corrected chi connectivity index (χ1v) is 7.27. The minimum Gasteiger partial charge on any atom is -0.341 e. The molecule has 19 heavy (non-hydrogen) atoms. The maximum absolute atomic E-state index is 12.3. The van der Waals surface area contributed by atoms with Gasteiger partial charge in [0.15, 0.2) is 0 Å². The van der Waals surface area contributed by atoms with Crippen LogP contribution in [-0.2, 0) is 9.59 Å². The summed E-state index contributed by atoms with van der Waals surface area (Å²) in [6, 6.07) is -0.439. The summed E-state index contributed by atoms with van der Waals surface area (Å²) in [7, 11) is 0. The first-order chi connectivity index (χ1) is 9.22. The molecule has 0 bridgehead atoms. The number of isothiocyanates is 1. The third kappa shape index (κ3) is 3.61. The molecule has 2 fully saturated rings. The van der Waals surface area contributed by atoms with Crippen molar-refractivity contribution in [1.29, 1.82) is 0 Å². The summed E-state index contributed by atoms with van der Waals surface area (Å²) in [5.41, 5.74) is 0. The van der Waals surface area contributed by atoms with Gasteiger partial charge in [-0.2, -0.15) is 0 Å². The van der Waals surface area contributed by atoms with Crippen molar-refractivity contribution in [2.75, 3.05) is 26.2 Å². The molecule has 0 aromatic carbocycles. The fourth-order valence-corrected chi connectivity index (χ4v) is 2.78. The molecule has 2 aliphatic heterocycles. The summed E-state index contributed by atoms with van der Waals surface area (Å²) in [5.74, 6) is -0.0276. The van der Waals surface area contributed by atoms with Crippen molar-refractivity contribution in [2.45, 2.75) is 38.1 Å². The fourth-order valence-electron chi connectivity index (χ4n) is 2.65. The van der Waals surface area contributed by atoms with E-state index in [1.807, 2.05) is 4.90 Å². The third-order valence-electron chi connectivity index (χ3n) is 3.75. The van der Waals surface area contributed by atoms with Gasteiger partial charge in [0.2, 0.25) is 11.8 Å². The number of likely N-dealkylation sites (tertiary alicyclic amines) is 2. The molecule has 5 nitrogen and oxygen atoms in total. The van der Waals surface area contributed by atoms with Crippen LogP contribution in [0.5, 0.6) is 0 Å². The summed E-state index contributed by atoms with van der Waals surface area (Å²) in [4.78, 5) is 31.8. The number of carbonyl (C=O) groups is 2. The van der Waals surface area contributed by atoms with E-state index in [0.717, 1.165) is 38.8 Å². The number of aliphatic imine (C=N–C) groups is 1. The molecule has 104 valence electrons. The Bertz CT molecular complexity index is 401. The number of hydrogen-bond donors (Lipinski definition) is 0. The molecule has 0 aromatic heterocycles. The normalized spacial score (nSPS) is 24.0. The molecule has 2 rings (SSSR count). The van der Waals surface area contributed by atoms with Gasteiger partial charge in [-0.05, 0) is 44.3 Å². The second kappa shape index (κ2) is 6.78. The molecule has 0 N–H and O–H groups in total. The smallest absolute Gasteiger partial charge is 0.248 e. The van der Waals surface area contributed by atoms with Crippen LogP contribution >= 0.6 is 12.2 Å². The van der Waals surface area contributed by atoms with Crippen LogP contribution in [0, 0.1) is 0 Å². The van der Waals surface area contributed by atoms with Gasteiger partial charge in [0.05, 0.1) is 11.7 Å². The molecule has 0 saturated carbocycles. The van der Waals surface area contributed by atoms with Crippen LogP contribution in [0.25, 0.3) is 0 Å². The minimum absolute atomic E-state index is 0.0535. The summed E-state index contributed by atoms with van der Waals surface area (Å²) < 4.78 is 0. The van der Waals surface area contributed by atoms with Gasteiger partial charge < -0.3 is 9.80 Å². The number of rotatable bonds is 3. The molecule has 0 aliphatic carbocycles. The Morgan fingerprint density at radius 3 is 2.63 bits per heavy atom. The first kappa shape index (κ1) is 14.2. The SMILES string of the molecule is O=C(CN1CCCC[C@H](N=C=S)C1=O)N1CCCC1. The Kier molecular flexibility index (Phi) is 5.05. The number of nitrogens with zero attached hydrogens (tertiary/aromatic N) is 3. The second-order valence-electron chi connectivity index (χ2n) is 5.08. The lowest BCUT2D eigenvalue weighted by Gasteiger charge is -2.24. The number of amides is 2. The Hall–Kier alpha value is -1.26. The van der Waals surface area contributed by atoms with E-state index in [4.69, 9.17) is 0 Å². The quantitative estimate of drug-likeness (QED) is 0.575. The molecule has 6 heteroatoms. The largest absolute Gasteiger partial charge is 0.341 e. The molecule has 0 spiro atoms. The van der Waals surface area contributed by atoms with Crippen molar-refractivity contribution in [3.05, 3.63) is 0 Å². The zero-order valence-electron chi connectivity index (χ0n) is 11.0. The average molecular weight is 281 g/mol. The Labute approximate surface area is 118 Å². The topological polar surface area (TPSA) is 53.0 Å². The zero-order valence-corrected chi connectivity index (χ0v) is 11.8. The summed E-state index contributed by atoms with van der Waals surface area (Å²) in [6.07, 6.45) is 4.69. The minimum atomic E-state index is -0.439. The highest BCUT2D eigenvalue weighted by molar-refractivity contribution is 7.78. The van der Waals surface area contributed by atoms with E-state index < -0.39 is 6.04 Å². The van der Waals surface area contributed by atoms with Gasteiger partial charge in [0, 0.05) is 19.6 Å². The van der Waals surface area contributed by atoms with Crippen molar-refractivity contribution in [3.63, 3.8) is 0 Å². The van der Waals surface area contributed by atoms with Crippen molar-refractivity contribution in [1.82, 2.24) is 9.80 Å². The average Bonchev–Trinajstić information content (AvgIpc) is 2.88. The van der Waals surface area contributed by atoms with Crippen LogP contribution in [0.3, 0.4) is 0 Å². The molecule has 2 aliphatic rings. The lowest BCUT2D eigenvalue weighted by molar-refractivity contribution is -0.140. The lowest BCUT2D eigenvalue weighted by Crippen LogP contribution is -2.44. The fraction of sp³-hybridized carbons (Fsp3) is 0.769. The number of thiocarbonyl (C=S) groups is 1. The van der Waals surface area contributed by atoms with E-state index in [9.17, 15) is 9.59 Å². The second-order valence-corrected chi connectivity index (χ2v) is 5.26.